The van der Waals surface area contributed by atoms with Crippen LogP contribution in [-0.2, 0) is 6.42 Å². The van der Waals surface area contributed by atoms with Gasteiger partial charge in [-0.1, -0.05) is 18.2 Å². The molecule has 0 radical (unpaired) electrons. The highest BCUT2D eigenvalue weighted by atomic mass is 16.3. The van der Waals surface area contributed by atoms with Gasteiger partial charge in [0.05, 0.1) is 5.56 Å². The molecule has 1 amide bonds. The number of pyridine rings is 1. The lowest BCUT2D eigenvalue weighted by Gasteiger charge is -2.18. The minimum atomic E-state index is -0.139. The maximum absolute atomic E-state index is 12.9. The molecule has 1 aliphatic heterocycles. The summed E-state index contributed by atoms with van der Waals surface area (Å²) >= 11 is 0. The quantitative estimate of drug-likeness (QED) is 0.761. The number of aromatic nitrogens is 1. The van der Waals surface area contributed by atoms with Gasteiger partial charge in [-0.05, 0) is 48.6 Å². The molecule has 0 saturated carbocycles. The second kappa shape index (κ2) is 6.67. The molecule has 1 aliphatic rings. The Morgan fingerprint density at radius 2 is 2.08 bits per heavy atom. The number of hydrogen-bond donors (Lipinski definition) is 2. The maximum atomic E-state index is 12.9. The van der Waals surface area contributed by atoms with Crippen LogP contribution in [0.5, 0.6) is 11.5 Å². The zero-order valence-corrected chi connectivity index (χ0v) is 14.3. The topological polar surface area (TPSA) is 73.7 Å². The predicted octanol–water partition coefficient (Wildman–Crippen LogP) is 3.35. The summed E-state index contributed by atoms with van der Waals surface area (Å²) in [5.74, 6) is 0.502. The van der Waals surface area contributed by atoms with Crippen LogP contribution in [0.25, 0.3) is 10.8 Å². The van der Waals surface area contributed by atoms with E-state index in [1.165, 1.54) is 0 Å². The maximum Gasteiger partial charge on any atom is 0.257 e. The standard InChI is InChI=1S/C21H20N2O3/c24-17-3-1-2-14(11-17)10-15-7-9-23(13-15)21(26)19-5-4-16-12-22-8-6-18(16)20(19)25/h1-6,8,11-12,15,24-25H,7,9-10,13H2. The van der Waals surface area contributed by atoms with Crippen LogP contribution < -0.4 is 0 Å². The van der Waals surface area contributed by atoms with Crippen molar-refractivity contribution in [3.8, 4) is 11.5 Å². The first-order valence-electron chi connectivity index (χ1n) is 8.74. The van der Waals surface area contributed by atoms with Crippen LogP contribution in [0, 0.1) is 5.92 Å². The number of nitrogens with zero attached hydrogens (tertiary/aromatic N) is 2. The molecule has 1 atom stereocenters. The van der Waals surface area contributed by atoms with Crippen LogP contribution in [0.4, 0.5) is 0 Å². The highest BCUT2D eigenvalue weighted by molar-refractivity contribution is 6.03. The van der Waals surface area contributed by atoms with Crippen molar-refractivity contribution in [3.05, 3.63) is 66.0 Å². The number of carbonyl (C=O) groups is 1. The zero-order valence-electron chi connectivity index (χ0n) is 14.3. The Morgan fingerprint density at radius 3 is 2.92 bits per heavy atom. The molecule has 0 spiro atoms. The van der Waals surface area contributed by atoms with Gasteiger partial charge in [-0.3, -0.25) is 9.78 Å². The summed E-state index contributed by atoms with van der Waals surface area (Å²) in [7, 11) is 0. The Morgan fingerprint density at radius 1 is 1.19 bits per heavy atom. The van der Waals surface area contributed by atoms with E-state index in [9.17, 15) is 15.0 Å². The monoisotopic (exact) mass is 348 g/mol. The van der Waals surface area contributed by atoms with Crippen LogP contribution >= 0.6 is 0 Å². The molecule has 0 aliphatic carbocycles. The van der Waals surface area contributed by atoms with E-state index in [4.69, 9.17) is 0 Å². The molecule has 5 nitrogen and oxygen atoms in total. The van der Waals surface area contributed by atoms with E-state index in [2.05, 4.69) is 4.98 Å². The van der Waals surface area contributed by atoms with Crippen molar-refractivity contribution < 1.29 is 15.0 Å². The van der Waals surface area contributed by atoms with Crippen molar-refractivity contribution in [2.75, 3.05) is 13.1 Å². The van der Waals surface area contributed by atoms with Gasteiger partial charge in [0.2, 0.25) is 0 Å². The van der Waals surface area contributed by atoms with Crippen LogP contribution in [-0.4, -0.2) is 39.1 Å². The number of carbonyl (C=O) groups excluding carboxylic acids is 1. The first kappa shape index (κ1) is 16.4. The minimum Gasteiger partial charge on any atom is -0.508 e. The molecule has 2 heterocycles. The molecule has 0 bridgehead atoms. The van der Waals surface area contributed by atoms with Crippen molar-refractivity contribution in [1.82, 2.24) is 9.88 Å². The highest BCUT2D eigenvalue weighted by Gasteiger charge is 2.28. The number of amides is 1. The largest absolute Gasteiger partial charge is 0.508 e. The molecular formula is C21H20N2O3. The van der Waals surface area contributed by atoms with Crippen molar-refractivity contribution in [2.45, 2.75) is 12.8 Å². The summed E-state index contributed by atoms with van der Waals surface area (Å²) in [6.45, 7) is 1.33. The first-order chi connectivity index (χ1) is 12.6. The molecule has 2 aromatic carbocycles. The number of phenols is 2. The third kappa shape index (κ3) is 3.08. The van der Waals surface area contributed by atoms with Crippen LogP contribution in [0.2, 0.25) is 0 Å². The van der Waals surface area contributed by atoms with Gasteiger partial charge in [0.25, 0.3) is 5.91 Å². The number of aromatic hydroxyl groups is 2. The van der Waals surface area contributed by atoms with E-state index in [0.29, 0.717) is 30.0 Å². The van der Waals surface area contributed by atoms with E-state index in [-0.39, 0.29) is 17.4 Å². The summed E-state index contributed by atoms with van der Waals surface area (Å²) in [6, 6.07) is 12.5. The Kier molecular flexibility index (Phi) is 4.21. The number of benzene rings is 2. The second-order valence-corrected chi connectivity index (χ2v) is 6.84. The molecule has 1 unspecified atom stereocenters. The van der Waals surface area contributed by atoms with E-state index >= 15 is 0 Å². The molecule has 1 saturated heterocycles. The highest BCUT2D eigenvalue weighted by Crippen LogP contribution is 2.31. The smallest absolute Gasteiger partial charge is 0.257 e. The Hall–Kier alpha value is -3.08. The molecule has 1 aromatic heterocycles. The Bertz CT molecular complexity index is 970. The van der Waals surface area contributed by atoms with Crippen LogP contribution in [0.1, 0.15) is 22.3 Å². The molecule has 1 fully saturated rings. The third-order valence-electron chi connectivity index (χ3n) is 5.03. The molecule has 26 heavy (non-hydrogen) atoms. The SMILES string of the molecule is O=C(c1ccc2cnccc2c1O)N1CCC(Cc2cccc(O)c2)C1. The van der Waals surface area contributed by atoms with Crippen LogP contribution in [0.3, 0.4) is 0 Å². The molecule has 4 rings (SSSR count). The second-order valence-electron chi connectivity index (χ2n) is 6.84. The number of fused-ring (bicyclic) bond motifs is 1. The van der Waals surface area contributed by atoms with Crippen molar-refractivity contribution in [3.63, 3.8) is 0 Å². The molecule has 3 aromatic rings. The summed E-state index contributed by atoms with van der Waals surface area (Å²) in [5.41, 5.74) is 1.41. The van der Waals surface area contributed by atoms with Gasteiger partial charge in [-0.15, -0.1) is 0 Å². The lowest BCUT2D eigenvalue weighted by molar-refractivity contribution is 0.0784. The Labute approximate surface area is 151 Å². The molecule has 132 valence electrons. The zero-order chi connectivity index (χ0) is 18.1. The van der Waals surface area contributed by atoms with Gasteiger partial charge < -0.3 is 15.1 Å². The van der Waals surface area contributed by atoms with Gasteiger partial charge >= 0.3 is 0 Å². The van der Waals surface area contributed by atoms with E-state index in [1.54, 1.807) is 41.6 Å². The summed E-state index contributed by atoms with van der Waals surface area (Å²) in [6.07, 6.45) is 5.02. The van der Waals surface area contributed by atoms with E-state index in [0.717, 1.165) is 23.8 Å². The fraction of sp³-hybridized carbons (Fsp3) is 0.238. The lowest BCUT2D eigenvalue weighted by Crippen LogP contribution is -2.29. The summed E-state index contributed by atoms with van der Waals surface area (Å²) < 4.78 is 0. The van der Waals surface area contributed by atoms with Gasteiger partial charge in [0.15, 0.2) is 0 Å². The normalized spacial score (nSPS) is 16.9. The van der Waals surface area contributed by atoms with Crippen molar-refractivity contribution in [1.29, 1.82) is 0 Å². The fourth-order valence-electron chi connectivity index (χ4n) is 3.70. The average Bonchev–Trinajstić information content (AvgIpc) is 3.10. The van der Waals surface area contributed by atoms with Gasteiger partial charge in [0.1, 0.15) is 11.5 Å². The summed E-state index contributed by atoms with van der Waals surface area (Å²) in [4.78, 5) is 18.7. The summed E-state index contributed by atoms with van der Waals surface area (Å²) in [5, 5.41) is 21.6. The average molecular weight is 348 g/mol. The van der Waals surface area contributed by atoms with E-state index in [1.807, 2.05) is 18.2 Å². The minimum absolute atomic E-state index is 0.0198. The van der Waals surface area contributed by atoms with Crippen LogP contribution in [0.15, 0.2) is 54.9 Å². The fourth-order valence-corrected chi connectivity index (χ4v) is 3.70. The molecule has 2 N–H and O–H groups in total. The number of hydrogen-bond acceptors (Lipinski definition) is 4. The molecular weight excluding hydrogens is 328 g/mol. The first-order valence-corrected chi connectivity index (χ1v) is 8.74. The molecule has 5 heteroatoms. The number of phenolic OH excluding ortho intramolecular Hbond substituents is 2. The Balaban J connectivity index is 1.50. The van der Waals surface area contributed by atoms with E-state index < -0.39 is 0 Å². The number of rotatable bonds is 3. The van der Waals surface area contributed by atoms with Crippen molar-refractivity contribution in [2.24, 2.45) is 5.92 Å². The van der Waals surface area contributed by atoms with Gasteiger partial charge in [-0.2, -0.15) is 0 Å². The van der Waals surface area contributed by atoms with Crippen molar-refractivity contribution >= 4 is 16.7 Å². The third-order valence-corrected chi connectivity index (χ3v) is 5.03. The van der Waals surface area contributed by atoms with Gasteiger partial charge in [0, 0.05) is 36.3 Å². The number of likely N-dealkylation sites (tertiary alicyclic amines) is 1. The predicted molar refractivity (Wildman–Crippen MR) is 99.2 cm³/mol. The van der Waals surface area contributed by atoms with Gasteiger partial charge in [-0.25, -0.2) is 0 Å². The lowest BCUT2D eigenvalue weighted by atomic mass is 9.98.